The van der Waals surface area contributed by atoms with Crippen LogP contribution in [0.5, 0.6) is 11.5 Å². The van der Waals surface area contributed by atoms with E-state index in [2.05, 4.69) is 5.32 Å². The maximum atomic E-state index is 12.8. The lowest BCUT2D eigenvalue weighted by atomic mass is 10.2. The minimum absolute atomic E-state index is 0.214. The highest BCUT2D eigenvalue weighted by molar-refractivity contribution is 7.89. The van der Waals surface area contributed by atoms with E-state index in [1.807, 2.05) is 18.2 Å². The molecule has 0 spiro atoms. The first-order chi connectivity index (χ1) is 15.0. The maximum absolute atomic E-state index is 12.8. The lowest BCUT2D eigenvalue weighted by Gasteiger charge is -2.19. The van der Waals surface area contributed by atoms with E-state index in [4.69, 9.17) is 9.47 Å². The van der Waals surface area contributed by atoms with Crippen molar-refractivity contribution < 1.29 is 22.7 Å². The Morgan fingerprint density at radius 2 is 1.68 bits per heavy atom. The van der Waals surface area contributed by atoms with Gasteiger partial charge in [0.2, 0.25) is 22.7 Å². The van der Waals surface area contributed by atoms with Crippen molar-refractivity contribution in [3.63, 3.8) is 0 Å². The van der Waals surface area contributed by atoms with E-state index in [0.29, 0.717) is 36.0 Å². The van der Waals surface area contributed by atoms with E-state index in [0.717, 1.165) is 36.8 Å². The molecule has 2 aromatic carbocycles. The van der Waals surface area contributed by atoms with Crippen LogP contribution in [-0.4, -0.2) is 38.5 Å². The summed E-state index contributed by atoms with van der Waals surface area (Å²) in [6.07, 6.45) is 7.06. The smallest absolute Gasteiger partial charge is 0.244 e. The quantitative estimate of drug-likeness (QED) is 0.694. The van der Waals surface area contributed by atoms with Gasteiger partial charge in [0.15, 0.2) is 11.5 Å². The third-order valence-electron chi connectivity index (χ3n) is 5.41. The second-order valence-corrected chi connectivity index (χ2v) is 9.56. The summed E-state index contributed by atoms with van der Waals surface area (Å²) in [7, 11) is -3.47. The largest absolute Gasteiger partial charge is 0.454 e. The van der Waals surface area contributed by atoms with E-state index < -0.39 is 10.0 Å². The Balaban J connectivity index is 1.33. The molecule has 1 amide bonds. The third-order valence-corrected chi connectivity index (χ3v) is 7.33. The second kappa shape index (κ2) is 9.53. The van der Waals surface area contributed by atoms with Crippen LogP contribution >= 0.6 is 0 Å². The van der Waals surface area contributed by atoms with Crippen LogP contribution in [0.3, 0.4) is 0 Å². The summed E-state index contributed by atoms with van der Waals surface area (Å²) in [5.74, 6) is 1.15. The number of ether oxygens (including phenoxy) is 2. The van der Waals surface area contributed by atoms with Crippen molar-refractivity contribution in [1.29, 1.82) is 0 Å². The summed E-state index contributed by atoms with van der Waals surface area (Å²) >= 11 is 0. The minimum atomic E-state index is -3.47. The molecule has 2 aromatic rings. The Bertz CT molecular complexity index is 1060. The lowest BCUT2D eigenvalue weighted by molar-refractivity contribution is -0.116. The number of amides is 1. The highest BCUT2D eigenvalue weighted by Crippen LogP contribution is 2.32. The van der Waals surface area contributed by atoms with Crippen LogP contribution in [-0.2, 0) is 21.4 Å². The molecule has 0 radical (unpaired) electrons. The molecule has 2 heterocycles. The van der Waals surface area contributed by atoms with Crippen LogP contribution in [0, 0.1) is 0 Å². The van der Waals surface area contributed by atoms with E-state index in [1.54, 1.807) is 34.6 Å². The van der Waals surface area contributed by atoms with Gasteiger partial charge in [-0.05, 0) is 54.3 Å². The predicted octanol–water partition coefficient (Wildman–Crippen LogP) is 3.31. The average molecular weight is 443 g/mol. The number of fused-ring (bicyclic) bond motifs is 1. The molecule has 164 valence electrons. The van der Waals surface area contributed by atoms with Crippen molar-refractivity contribution in [1.82, 2.24) is 9.62 Å². The molecule has 0 unspecified atom stereocenters. The van der Waals surface area contributed by atoms with Gasteiger partial charge in [-0.15, -0.1) is 0 Å². The van der Waals surface area contributed by atoms with Gasteiger partial charge in [-0.3, -0.25) is 4.79 Å². The Morgan fingerprint density at radius 3 is 2.42 bits per heavy atom. The van der Waals surface area contributed by atoms with Crippen LogP contribution in [0.15, 0.2) is 53.4 Å². The van der Waals surface area contributed by atoms with Crippen LogP contribution in [0.2, 0.25) is 0 Å². The van der Waals surface area contributed by atoms with Gasteiger partial charge in [-0.1, -0.05) is 31.0 Å². The zero-order chi connectivity index (χ0) is 21.7. The number of sulfonamides is 1. The van der Waals surface area contributed by atoms with Crippen LogP contribution in [0.1, 0.15) is 36.8 Å². The summed E-state index contributed by atoms with van der Waals surface area (Å²) in [5.41, 5.74) is 1.67. The van der Waals surface area contributed by atoms with Crippen molar-refractivity contribution in [2.24, 2.45) is 0 Å². The molecule has 1 N–H and O–H groups in total. The van der Waals surface area contributed by atoms with Gasteiger partial charge in [0.05, 0.1) is 4.90 Å². The average Bonchev–Trinajstić information content (AvgIpc) is 3.07. The molecule has 0 aliphatic carbocycles. The van der Waals surface area contributed by atoms with Gasteiger partial charge >= 0.3 is 0 Å². The fourth-order valence-electron chi connectivity index (χ4n) is 3.65. The van der Waals surface area contributed by atoms with Crippen LogP contribution in [0.25, 0.3) is 6.08 Å². The number of carbonyl (C=O) groups is 1. The molecular weight excluding hydrogens is 416 g/mol. The van der Waals surface area contributed by atoms with Crippen molar-refractivity contribution in [2.75, 3.05) is 19.9 Å². The lowest BCUT2D eigenvalue weighted by Crippen LogP contribution is -2.31. The van der Waals surface area contributed by atoms with E-state index in [9.17, 15) is 13.2 Å². The summed E-state index contributed by atoms with van der Waals surface area (Å²) in [5, 5.41) is 2.82. The standard InChI is InChI=1S/C23H26N2O5S/c26-23(24-16-19-7-11-21-22(15-19)30-17-29-21)12-8-18-5-9-20(10-6-18)31(27,28)25-13-3-1-2-4-14-25/h5-12,15H,1-4,13-14,16-17H2,(H,24,26). The molecular formula is C23H26N2O5S. The zero-order valence-corrected chi connectivity index (χ0v) is 18.1. The Hall–Kier alpha value is -2.84. The highest BCUT2D eigenvalue weighted by Gasteiger charge is 2.24. The van der Waals surface area contributed by atoms with Crippen LogP contribution < -0.4 is 14.8 Å². The molecule has 1 fully saturated rings. The maximum Gasteiger partial charge on any atom is 0.244 e. The molecule has 2 aliphatic rings. The Morgan fingerprint density at radius 1 is 0.968 bits per heavy atom. The topological polar surface area (TPSA) is 84.9 Å². The van der Waals surface area contributed by atoms with Crippen LogP contribution in [0.4, 0.5) is 0 Å². The van der Waals surface area contributed by atoms with Crippen molar-refractivity contribution in [2.45, 2.75) is 37.1 Å². The summed E-state index contributed by atoms with van der Waals surface area (Å²) in [6.45, 7) is 1.74. The molecule has 0 aromatic heterocycles. The molecule has 1 saturated heterocycles. The molecule has 0 bridgehead atoms. The third kappa shape index (κ3) is 5.26. The zero-order valence-electron chi connectivity index (χ0n) is 17.2. The number of carbonyl (C=O) groups excluding carboxylic acids is 1. The predicted molar refractivity (Wildman–Crippen MR) is 117 cm³/mol. The first kappa shape index (κ1) is 21.4. The molecule has 2 aliphatic heterocycles. The number of hydrogen-bond acceptors (Lipinski definition) is 5. The summed E-state index contributed by atoms with van der Waals surface area (Å²) in [6, 6.07) is 12.2. The molecule has 7 nitrogen and oxygen atoms in total. The first-order valence-corrected chi connectivity index (χ1v) is 11.9. The number of nitrogens with zero attached hydrogens (tertiary/aromatic N) is 1. The van der Waals surface area contributed by atoms with E-state index in [-0.39, 0.29) is 12.7 Å². The molecule has 4 rings (SSSR count). The SMILES string of the molecule is O=C(C=Cc1ccc(S(=O)(=O)N2CCCCCC2)cc1)NCc1ccc2c(c1)OCO2. The Labute approximate surface area is 182 Å². The van der Waals surface area contributed by atoms with Crippen molar-refractivity contribution in [3.05, 3.63) is 59.7 Å². The van der Waals surface area contributed by atoms with E-state index >= 15 is 0 Å². The van der Waals surface area contributed by atoms with Gasteiger partial charge in [0, 0.05) is 25.7 Å². The van der Waals surface area contributed by atoms with Crippen molar-refractivity contribution in [3.8, 4) is 11.5 Å². The first-order valence-electron chi connectivity index (χ1n) is 10.5. The number of nitrogens with one attached hydrogen (secondary N) is 1. The number of hydrogen-bond donors (Lipinski definition) is 1. The van der Waals surface area contributed by atoms with Gasteiger partial charge in [-0.2, -0.15) is 4.31 Å². The minimum Gasteiger partial charge on any atom is -0.454 e. The van der Waals surface area contributed by atoms with Gasteiger partial charge in [-0.25, -0.2) is 8.42 Å². The molecule has 31 heavy (non-hydrogen) atoms. The Kier molecular flexibility index (Phi) is 6.58. The molecule has 0 atom stereocenters. The number of rotatable bonds is 6. The monoisotopic (exact) mass is 442 g/mol. The normalized spacial score (nSPS) is 16.9. The summed E-state index contributed by atoms with van der Waals surface area (Å²) in [4.78, 5) is 12.4. The van der Waals surface area contributed by atoms with Crippen molar-refractivity contribution >= 4 is 22.0 Å². The fraction of sp³-hybridized carbons (Fsp3) is 0.348. The molecule has 8 heteroatoms. The van der Waals surface area contributed by atoms with E-state index in [1.165, 1.54) is 6.08 Å². The fourth-order valence-corrected chi connectivity index (χ4v) is 5.17. The second-order valence-electron chi connectivity index (χ2n) is 7.63. The van der Waals surface area contributed by atoms with Gasteiger partial charge in [0.25, 0.3) is 0 Å². The summed E-state index contributed by atoms with van der Waals surface area (Å²) < 4.78 is 37.9. The highest BCUT2D eigenvalue weighted by atomic mass is 32.2. The van der Waals surface area contributed by atoms with Gasteiger partial charge < -0.3 is 14.8 Å². The van der Waals surface area contributed by atoms with Gasteiger partial charge in [0.1, 0.15) is 0 Å². The number of benzene rings is 2. The molecule has 0 saturated carbocycles.